The number of urea groups is 1. The average Bonchev–Trinajstić information content (AvgIpc) is 3.03. The van der Waals surface area contributed by atoms with Crippen LogP contribution < -0.4 is 5.32 Å². The number of carbonyl (C=O) groups is 1. The Balaban J connectivity index is 1.66. The molecule has 0 spiro atoms. The number of likely N-dealkylation sites (tertiary alicyclic amines) is 1. The van der Waals surface area contributed by atoms with Crippen LogP contribution in [0.15, 0.2) is 18.2 Å². The van der Waals surface area contributed by atoms with E-state index in [0.29, 0.717) is 0 Å². The number of aryl methyl sites for hydroxylation is 2. The molecule has 22 heavy (non-hydrogen) atoms. The number of rotatable bonds is 3. The summed E-state index contributed by atoms with van der Waals surface area (Å²) >= 11 is 0. The number of hydrogen-bond acceptors (Lipinski definition) is 2. The third-order valence-corrected chi connectivity index (χ3v) is 5.06. The highest BCUT2D eigenvalue weighted by Crippen LogP contribution is 2.25. The number of benzene rings is 1. The Labute approximate surface area is 132 Å². The van der Waals surface area contributed by atoms with Gasteiger partial charge in [-0.2, -0.15) is 0 Å². The summed E-state index contributed by atoms with van der Waals surface area (Å²) in [5, 5.41) is 12.4. The summed E-state index contributed by atoms with van der Waals surface area (Å²) < 4.78 is 0. The lowest BCUT2D eigenvalue weighted by Gasteiger charge is -2.26. The van der Waals surface area contributed by atoms with Crippen LogP contribution in [-0.4, -0.2) is 35.2 Å². The van der Waals surface area contributed by atoms with E-state index in [-0.39, 0.29) is 24.7 Å². The van der Waals surface area contributed by atoms with Gasteiger partial charge in [0, 0.05) is 6.54 Å². The highest BCUT2D eigenvalue weighted by atomic mass is 16.3. The van der Waals surface area contributed by atoms with Gasteiger partial charge in [-0.15, -0.1) is 0 Å². The number of nitrogens with one attached hydrogen (secondary N) is 1. The maximum atomic E-state index is 12.4. The van der Waals surface area contributed by atoms with Gasteiger partial charge in [0.2, 0.25) is 0 Å². The first-order chi connectivity index (χ1) is 10.7. The van der Waals surface area contributed by atoms with E-state index >= 15 is 0 Å². The Morgan fingerprint density at radius 1 is 1.32 bits per heavy atom. The zero-order valence-electron chi connectivity index (χ0n) is 13.3. The van der Waals surface area contributed by atoms with Crippen LogP contribution in [0.3, 0.4) is 0 Å². The molecule has 1 aliphatic heterocycles. The van der Waals surface area contributed by atoms with E-state index in [1.807, 2.05) is 6.92 Å². The van der Waals surface area contributed by atoms with Crippen molar-refractivity contribution >= 4 is 6.03 Å². The van der Waals surface area contributed by atoms with Gasteiger partial charge < -0.3 is 15.3 Å². The maximum absolute atomic E-state index is 12.4. The van der Waals surface area contributed by atoms with Crippen LogP contribution in [0.2, 0.25) is 0 Å². The lowest BCUT2D eigenvalue weighted by Crippen LogP contribution is -2.44. The average molecular weight is 302 g/mol. The molecule has 120 valence electrons. The lowest BCUT2D eigenvalue weighted by molar-refractivity contribution is 0.155. The van der Waals surface area contributed by atoms with Crippen molar-refractivity contribution in [2.45, 2.75) is 57.5 Å². The van der Waals surface area contributed by atoms with Crippen molar-refractivity contribution in [2.75, 3.05) is 13.2 Å². The normalized spacial score (nSPS) is 22.3. The van der Waals surface area contributed by atoms with E-state index in [9.17, 15) is 9.90 Å². The quantitative estimate of drug-likeness (QED) is 0.902. The third-order valence-electron chi connectivity index (χ3n) is 5.06. The summed E-state index contributed by atoms with van der Waals surface area (Å²) in [5.41, 5.74) is 4.08. The summed E-state index contributed by atoms with van der Waals surface area (Å²) in [5.74, 6) is 0. The minimum atomic E-state index is -0.0539. The molecular formula is C18H26N2O2. The summed E-state index contributed by atoms with van der Waals surface area (Å²) in [7, 11) is 0. The SMILES string of the molecule is CC(NC(=O)N1CCCC1CO)c1ccc2c(c1)CCCC2. The smallest absolute Gasteiger partial charge is 0.318 e. The second-order valence-electron chi connectivity index (χ2n) is 6.58. The van der Waals surface area contributed by atoms with E-state index in [2.05, 4.69) is 23.5 Å². The molecule has 1 saturated heterocycles. The zero-order valence-corrected chi connectivity index (χ0v) is 13.3. The second-order valence-corrected chi connectivity index (χ2v) is 6.58. The number of nitrogens with zero attached hydrogens (tertiary/aromatic N) is 1. The Morgan fingerprint density at radius 2 is 2.09 bits per heavy atom. The molecule has 3 rings (SSSR count). The van der Waals surface area contributed by atoms with Gasteiger partial charge in [-0.1, -0.05) is 18.2 Å². The largest absolute Gasteiger partial charge is 0.394 e. The molecule has 0 radical (unpaired) electrons. The molecule has 0 aromatic heterocycles. The van der Waals surface area contributed by atoms with Gasteiger partial charge in [0.05, 0.1) is 18.7 Å². The molecular weight excluding hydrogens is 276 g/mol. The molecule has 0 bridgehead atoms. The summed E-state index contributed by atoms with van der Waals surface area (Å²) in [6.45, 7) is 2.83. The van der Waals surface area contributed by atoms with Crippen molar-refractivity contribution in [1.29, 1.82) is 0 Å². The highest BCUT2D eigenvalue weighted by molar-refractivity contribution is 5.75. The van der Waals surface area contributed by atoms with Gasteiger partial charge in [0.25, 0.3) is 0 Å². The van der Waals surface area contributed by atoms with E-state index in [0.717, 1.165) is 25.8 Å². The van der Waals surface area contributed by atoms with Gasteiger partial charge in [-0.25, -0.2) is 4.79 Å². The predicted octanol–water partition coefficient (Wildman–Crippen LogP) is 2.79. The number of carbonyl (C=O) groups excluding carboxylic acids is 1. The Morgan fingerprint density at radius 3 is 2.86 bits per heavy atom. The second kappa shape index (κ2) is 6.69. The van der Waals surface area contributed by atoms with E-state index in [1.54, 1.807) is 4.90 Å². The summed E-state index contributed by atoms with van der Waals surface area (Å²) in [6.07, 6.45) is 6.77. The van der Waals surface area contributed by atoms with Gasteiger partial charge >= 0.3 is 6.03 Å². The molecule has 1 aromatic carbocycles. The molecule has 2 unspecified atom stereocenters. The molecule has 2 amide bonds. The summed E-state index contributed by atoms with van der Waals surface area (Å²) in [6, 6.07) is 6.55. The first-order valence-corrected chi connectivity index (χ1v) is 8.48. The molecule has 2 N–H and O–H groups in total. The van der Waals surface area contributed by atoms with Crippen LogP contribution in [0.4, 0.5) is 4.79 Å². The van der Waals surface area contributed by atoms with E-state index in [1.165, 1.54) is 36.0 Å². The fraction of sp³-hybridized carbons (Fsp3) is 0.611. The molecule has 1 fully saturated rings. The minimum Gasteiger partial charge on any atom is -0.394 e. The Hall–Kier alpha value is -1.55. The number of aliphatic hydroxyl groups excluding tert-OH is 1. The third kappa shape index (κ3) is 3.12. The maximum Gasteiger partial charge on any atom is 0.318 e. The highest BCUT2D eigenvalue weighted by Gasteiger charge is 2.28. The number of hydrogen-bond donors (Lipinski definition) is 2. The van der Waals surface area contributed by atoms with Gasteiger partial charge in [0.1, 0.15) is 0 Å². The Bertz CT molecular complexity index is 544. The number of fused-ring (bicyclic) bond motifs is 1. The standard InChI is InChI=1S/C18H26N2O2/c1-13(19-18(22)20-10-4-7-17(20)12-21)15-9-8-14-5-2-3-6-16(14)11-15/h8-9,11,13,17,21H,2-7,10,12H2,1H3,(H,19,22). The molecule has 1 aliphatic carbocycles. The molecule has 4 nitrogen and oxygen atoms in total. The topological polar surface area (TPSA) is 52.6 Å². The zero-order chi connectivity index (χ0) is 15.5. The number of amides is 2. The first kappa shape index (κ1) is 15.3. The van der Waals surface area contributed by atoms with Crippen LogP contribution in [0.25, 0.3) is 0 Å². The Kier molecular flexibility index (Phi) is 4.67. The molecule has 4 heteroatoms. The van der Waals surface area contributed by atoms with Gasteiger partial charge in [-0.05, 0) is 62.1 Å². The van der Waals surface area contributed by atoms with Crippen LogP contribution >= 0.6 is 0 Å². The fourth-order valence-electron chi connectivity index (χ4n) is 3.67. The predicted molar refractivity (Wildman–Crippen MR) is 86.8 cm³/mol. The first-order valence-electron chi connectivity index (χ1n) is 8.48. The van der Waals surface area contributed by atoms with Crippen LogP contribution in [0.5, 0.6) is 0 Å². The van der Waals surface area contributed by atoms with E-state index < -0.39 is 0 Å². The van der Waals surface area contributed by atoms with Gasteiger partial charge in [-0.3, -0.25) is 0 Å². The van der Waals surface area contributed by atoms with Crippen LogP contribution in [0, 0.1) is 0 Å². The van der Waals surface area contributed by atoms with E-state index in [4.69, 9.17) is 0 Å². The fourth-order valence-corrected chi connectivity index (χ4v) is 3.67. The lowest BCUT2D eigenvalue weighted by atomic mass is 9.89. The number of aliphatic hydroxyl groups is 1. The van der Waals surface area contributed by atoms with Crippen molar-refractivity contribution in [3.63, 3.8) is 0 Å². The van der Waals surface area contributed by atoms with Crippen molar-refractivity contribution in [3.8, 4) is 0 Å². The molecule has 2 atom stereocenters. The monoisotopic (exact) mass is 302 g/mol. The van der Waals surface area contributed by atoms with Crippen molar-refractivity contribution in [2.24, 2.45) is 0 Å². The molecule has 1 aromatic rings. The van der Waals surface area contributed by atoms with Crippen molar-refractivity contribution < 1.29 is 9.90 Å². The molecule has 0 saturated carbocycles. The minimum absolute atomic E-state index is 0.000306. The molecule has 1 heterocycles. The van der Waals surface area contributed by atoms with Crippen LogP contribution in [-0.2, 0) is 12.8 Å². The summed E-state index contributed by atoms with van der Waals surface area (Å²) in [4.78, 5) is 14.2. The van der Waals surface area contributed by atoms with Crippen molar-refractivity contribution in [1.82, 2.24) is 10.2 Å². The van der Waals surface area contributed by atoms with Gasteiger partial charge in [0.15, 0.2) is 0 Å². The van der Waals surface area contributed by atoms with Crippen molar-refractivity contribution in [3.05, 3.63) is 34.9 Å². The van der Waals surface area contributed by atoms with Crippen LogP contribution in [0.1, 0.15) is 55.3 Å². The molecule has 2 aliphatic rings.